The number of nitrogens with one attached hydrogen (secondary N) is 1. The van der Waals surface area contributed by atoms with E-state index in [1.165, 1.54) is 60.3 Å². The van der Waals surface area contributed by atoms with Crippen LogP contribution >= 0.6 is 12.2 Å². The quantitative estimate of drug-likeness (QED) is 0.362. The Morgan fingerprint density at radius 1 is 1.03 bits per heavy atom. The van der Waals surface area contributed by atoms with E-state index in [2.05, 4.69) is 22.9 Å². The topological polar surface area (TPSA) is 36.9 Å². The van der Waals surface area contributed by atoms with E-state index in [0.717, 1.165) is 43.4 Å². The predicted molar refractivity (Wildman–Crippen MR) is 124 cm³/mol. The molecule has 2 unspecified atom stereocenters. The monoisotopic (exact) mass is 439 g/mol. The number of aryl methyl sites for hydroxylation is 2. The van der Waals surface area contributed by atoms with Crippen LogP contribution in [0.15, 0.2) is 47.6 Å². The van der Waals surface area contributed by atoms with E-state index < -0.39 is 0 Å². The van der Waals surface area contributed by atoms with Crippen LogP contribution in [0.5, 0.6) is 0 Å². The molecule has 31 heavy (non-hydrogen) atoms. The summed E-state index contributed by atoms with van der Waals surface area (Å²) in [7, 11) is 2.00. The van der Waals surface area contributed by atoms with E-state index in [4.69, 9.17) is 9.28 Å². The summed E-state index contributed by atoms with van der Waals surface area (Å²) in [6, 6.07) is 14.3. The highest BCUT2D eigenvalue weighted by atomic mass is 32.2. The number of rotatable bonds is 6. The Labute approximate surface area is 188 Å². The second-order valence-corrected chi connectivity index (χ2v) is 9.59. The lowest BCUT2D eigenvalue weighted by Crippen LogP contribution is -2.26. The largest absolute Gasteiger partial charge is 0.298 e. The highest BCUT2D eigenvalue weighted by Gasteiger charge is 2.27. The van der Waals surface area contributed by atoms with Gasteiger partial charge in [0, 0.05) is 19.5 Å². The van der Waals surface area contributed by atoms with Gasteiger partial charge < -0.3 is 0 Å². The fraction of sp³-hybridized carbons (Fsp3) is 0.480. The van der Waals surface area contributed by atoms with Crippen LogP contribution in [0.1, 0.15) is 66.8 Å². The molecular formula is C25H30FN3OS. The van der Waals surface area contributed by atoms with Crippen molar-refractivity contribution in [1.82, 2.24) is 9.73 Å². The lowest BCUT2D eigenvalue weighted by Gasteiger charge is -2.25. The average Bonchev–Trinajstić information content (AvgIpc) is 3.01. The van der Waals surface area contributed by atoms with Gasteiger partial charge in [0.25, 0.3) is 0 Å². The van der Waals surface area contributed by atoms with Crippen LogP contribution in [-0.4, -0.2) is 29.9 Å². The number of halogens is 1. The third-order valence-electron chi connectivity index (χ3n) is 6.89. The van der Waals surface area contributed by atoms with Crippen molar-refractivity contribution in [2.75, 3.05) is 7.05 Å². The number of hydrogen-bond acceptors (Lipinski definition) is 5. The molecule has 2 aromatic rings. The van der Waals surface area contributed by atoms with Crippen LogP contribution < -0.4 is 4.72 Å². The van der Waals surface area contributed by atoms with E-state index in [0.29, 0.717) is 12.1 Å². The highest BCUT2D eigenvalue weighted by Crippen LogP contribution is 2.33. The summed E-state index contributed by atoms with van der Waals surface area (Å²) < 4.78 is 22.7. The molecule has 1 saturated carbocycles. The van der Waals surface area contributed by atoms with Gasteiger partial charge in [0.1, 0.15) is 5.82 Å². The summed E-state index contributed by atoms with van der Waals surface area (Å²) in [6.07, 6.45) is 9.46. The number of benzene rings is 2. The standard InChI is InChI=1S/C25H30FN3OS/c1-29-25(18-7-11-21(26)12-8-18)16-24(27-29)20-6-5-17-9-13-22(14-10-19(17)15-20)28-31-30-23-3-2-4-23/h5-8,11-12,15,22-23,25,28H,2-4,9-10,13-14,16H2,1H3. The molecule has 0 bridgehead atoms. The van der Waals surface area contributed by atoms with Crippen LogP contribution in [0.4, 0.5) is 4.39 Å². The zero-order chi connectivity index (χ0) is 21.2. The van der Waals surface area contributed by atoms with Crippen molar-refractivity contribution < 1.29 is 8.57 Å². The number of hydrogen-bond donors (Lipinski definition) is 1. The van der Waals surface area contributed by atoms with Crippen LogP contribution in [0.3, 0.4) is 0 Å². The molecule has 1 heterocycles. The minimum absolute atomic E-state index is 0.163. The molecule has 6 heteroatoms. The van der Waals surface area contributed by atoms with Gasteiger partial charge in [-0.3, -0.25) is 9.19 Å². The molecular weight excluding hydrogens is 409 g/mol. The summed E-state index contributed by atoms with van der Waals surface area (Å²) in [5.41, 5.74) is 6.34. The molecule has 0 aromatic heterocycles. The van der Waals surface area contributed by atoms with Crippen LogP contribution in [-0.2, 0) is 17.0 Å². The van der Waals surface area contributed by atoms with Crippen molar-refractivity contribution >= 4 is 17.9 Å². The molecule has 1 fully saturated rings. The number of hydrazone groups is 1. The van der Waals surface area contributed by atoms with Crippen LogP contribution in [0.2, 0.25) is 0 Å². The van der Waals surface area contributed by atoms with Gasteiger partial charge in [-0.05, 0) is 85.4 Å². The molecule has 0 saturated heterocycles. The van der Waals surface area contributed by atoms with Crippen LogP contribution in [0, 0.1) is 5.82 Å². The maximum atomic E-state index is 13.3. The Morgan fingerprint density at radius 2 is 1.81 bits per heavy atom. The minimum Gasteiger partial charge on any atom is -0.298 e. The second-order valence-electron chi connectivity index (χ2n) is 9.00. The van der Waals surface area contributed by atoms with E-state index in [1.54, 1.807) is 0 Å². The van der Waals surface area contributed by atoms with E-state index >= 15 is 0 Å². The normalized spacial score (nSPS) is 23.8. The molecule has 5 rings (SSSR count). The molecule has 2 aromatic carbocycles. The summed E-state index contributed by atoms with van der Waals surface area (Å²) in [4.78, 5) is 0. The first-order valence-corrected chi connectivity index (χ1v) is 12.2. The SMILES string of the molecule is CN1N=C(c2ccc3c(c2)CCC(NSOC2CCC2)CC3)CC1c1ccc(F)cc1. The van der Waals surface area contributed by atoms with Gasteiger partial charge in [0.2, 0.25) is 0 Å². The smallest absolute Gasteiger partial charge is 0.123 e. The van der Waals surface area contributed by atoms with Crippen molar-refractivity contribution in [2.45, 2.75) is 69.6 Å². The van der Waals surface area contributed by atoms with Gasteiger partial charge in [-0.1, -0.05) is 24.3 Å². The van der Waals surface area contributed by atoms with E-state index in [-0.39, 0.29) is 11.9 Å². The Balaban J connectivity index is 1.22. The average molecular weight is 440 g/mol. The van der Waals surface area contributed by atoms with Gasteiger partial charge >= 0.3 is 0 Å². The van der Waals surface area contributed by atoms with Gasteiger partial charge in [0.15, 0.2) is 0 Å². The zero-order valence-electron chi connectivity index (χ0n) is 18.0. The molecule has 0 radical (unpaired) electrons. The first-order valence-electron chi connectivity index (χ1n) is 11.4. The zero-order valence-corrected chi connectivity index (χ0v) is 18.8. The van der Waals surface area contributed by atoms with Crippen molar-refractivity contribution in [3.63, 3.8) is 0 Å². The molecule has 0 amide bonds. The minimum atomic E-state index is -0.197. The summed E-state index contributed by atoms with van der Waals surface area (Å²) in [6.45, 7) is 0. The number of fused-ring (bicyclic) bond motifs is 1. The van der Waals surface area contributed by atoms with Gasteiger partial charge in [-0.25, -0.2) is 9.11 Å². The molecule has 3 aliphatic rings. The molecule has 1 aliphatic heterocycles. The van der Waals surface area contributed by atoms with E-state index in [1.807, 2.05) is 24.2 Å². The van der Waals surface area contributed by atoms with Gasteiger partial charge in [0.05, 0.1) is 30.1 Å². The highest BCUT2D eigenvalue weighted by molar-refractivity contribution is 7.92. The van der Waals surface area contributed by atoms with E-state index in [9.17, 15) is 4.39 Å². The van der Waals surface area contributed by atoms with Crippen molar-refractivity contribution in [3.8, 4) is 0 Å². The third-order valence-corrected chi connectivity index (χ3v) is 7.68. The first kappa shape index (κ1) is 21.0. The molecule has 2 aliphatic carbocycles. The molecule has 4 nitrogen and oxygen atoms in total. The maximum Gasteiger partial charge on any atom is 0.123 e. The van der Waals surface area contributed by atoms with Crippen molar-refractivity contribution in [1.29, 1.82) is 0 Å². The maximum absolute atomic E-state index is 13.3. The van der Waals surface area contributed by atoms with Crippen molar-refractivity contribution in [2.24, 2.45) is 5.10 Å². The number of nitrogens with zero attached hydrogens (tertiary/aromatic N) is 2. The Morgan fingerprint density at radius 3 is 2.55 bits per heavy atom. The Kier molecular flexibility index (Phi) is 6.30. The van der Waals surface area contributed by atoms with Gasteiger partial charge in [-0.2, -0.15) is 5.10 Å². The lowest BCUT2D eigenvalue weighted by atomic mass is 9.94. The summed E-state index contributed by atoms with van der Waals surface area (Å²) in [5, 5.41) is 6.83. The second kappa shape index (κ2) is 9.31. The molecule has 0 spiro atoms. The molecule has 164 valence electrons. The van der Waals surface area contributed by atoms with Crippen LogP contribution in [0.25, 0.3) is 0 Å². The Bertz CT molecular complexity index is 944. The van der Waals surface area contributed by atoms with Crippen molar-refractivity contribution in [3.05, 3.63) is 70.5 Å². The fourth-order valence-corrected chi connectivity index (χ4v) is 5.40. The van der Waals surface area contributed by atoms with Gasteiger partial charge in [-0.15, -0.1) is 0 Å². The predicted octanol–water partition coefficient (Wildman–Crippen LogP) is 5.58. The first-order chi connectivity index (χ1) is 15.2. The molecule has 1 N–H and O–H groups in total. The Hall–Kier alpha value is -1.89. The molecule has 2 atom stereocenters. The summed E-state index contributed by atoms with van der Waals surface area (Å²) in [5.74, 6) is -0.197. The summed E-state index contributed by atoms with van der Waals surface area (Å²) >= 11 is 1.46. The third kappa shape index (κ3) is 4.81. The lowest BCUT2D eigenvalue weighted by molar-refractivity contribution is 0.145. The fourth-order valence-electron chi connectivity index (χ4n) is 4.64.